The molecule has 1 atom stereocenters. The van der Waals surface area contributed by atoms with Gasteiger partial charge >= 0.3 is 0 Å². The van der Waals surface area contributed by atoms with Gasteiger partial charge in [0.05, 0.1) is 32.3 Å². The molecule has 1 aliphatic rings. The predicted molar refractivity (Wildman–Crippen MR) is 108 cm³/mol. The average Bonchev–Trinajstić information content (AvgIpc) is 2.72. The lowest BCUT2D eigenvalue weighted by Gasteiger charge is -2.32. The Morgan fingerprint density at radius 2 is 1.55 bits per heavy atom. The molecular formula is C21H22N2O5S. The van der Waals surface area contributed by atoms with Crippen LogP contribution in [0, 0.1) is 25.2 Å². The highest BCUT2D eigenvalue weighted by Gasteiger charge is 2.38. The summed E-state index contributed by atoms with van der Waals surface area (Å²) < 4.78 is 44.0. The van der Waals surface area contributed by atoms with Crippen LogP contribution in [0.5, 0.6) is 17.2 Å². The third-order valence-electron chi connectivity index (χ3n) is 4.94. The Hall–Kier alpha value is -3.18. The van der Waals surface area contributed by atoms with Crippen LogP contribution in [-0.4, -0.2) is 34.1 Å². The minimum atomic E-state index is -3.94. The first-order valence-electron chi connectivity index (χ1n) is 8.82. The molecule has 0 bridgehead atoms. The molecule has 0 aromatic heterocycles. The lowest BCUT2D eigenvalue weighted by Crippen LogP contribution is -2.32. The van der Waals surface area contributed by atoms with Crippen LogP contribution in [0.15, 0.2) is 35.4 Å². The summed E-state index contributed by atoms with van der Waals surface area (Å²) in [5.74, 6) is 1.17. The molecule has 1 heterocycles. The number of methoxy groups -OCH3 is 3. The van der Waals surface area contributed by atoms with Crippen molar-refractivity contribution in [1.82, 2.24) is 4.31 Å². The van der Waals surface area contributed by atoms with Gasteiger partial charge in [-0.15, -0.1) is 0 Å². The van der Waals surface area contributed by atoms with Crippen LogP contribution in [0.3, 0.4) is 0 Å². The molecule has 29 heavy (non-hydrogen) atoms. The molecule has 0 amide bonds. The summed E-state index contributed by atoms with van der Waals surface area (Å²) in [6, 6.07) is 7.54. The van der Waals surface area contributed by atoms with Gasteiger partial charge in [-0.05, 0) is 32.1 Å². The lowest BCUT2D eigenvalue weighted by atomic mass is 9.91. The number of hydrogen-bond donors (Lipinski definition) is 0. The maximum absolute atomic E-state index is 13.3. The molecule has 2 aromatic rings. The van der Waals surface area contributed by atoms with E-state index < -0.39 is 16.1 Å². The van der Waals surface area contributed by atoms with Gasteiger partial charge in [-0.1, -0.05) is 17.7 Å². The highest BCUT2D eigenvalue weighted by atomic mass is 32.2. The summed E-state index contributed by atoms with van der Waals surface area (Å²) in [5.41, 5.74) is 2.64. The van der Waals surface area contributed by atoms with Crippen molar-refractivity contribution in [2.75, 3.05) is 21.3 Å². The van der Waals surface area contributed by atoms with Crippen molar-refractivity contribution in [3.8, 4) is 23.3 Å². The number of rotatable bonds is 5. The van der Waals surface area contributed by atoms with Crippen LogP contribution in [-0.2, 0) is 10.0 Å². The average molecular weight is 414 g/mol. The van der Waals surface area contributed by atoms with Gasteiger partial charge in [0.15, 0.2) is 17.5 Å². The van der Waals surface area contributed by atoms with Gasteiger partial charge in [0.2, 0.25) is 5.75 Å². The molecular weight excluding hydrogens is 392 g/mol. The Bertz CT molecular complexity index is 1120. The number of aryl methyl sites for hydroxylation is 1. The topological polar surface area (TPSA) is 88.9 Å². The van der Waals surface area contributed by atoms with E-state index in [2.05, 4.69) is 6.07 Å². The van der Waals surface area contributed by atoms with E-state index in [4.69, 9.17) is 14.2 Å². The Morgan fingerprint density at radius 3 is 2.07 bits per heavy atom. The van der Waals surface area contributed by atoms with Crippen molar-refractivity contribution in [3.05, 3.63) is 52.7 Å². The van der Waals surface area contributed by atoms with Crippen LogP contribution in [0.1, 0.15) is 28.3 Å². The van der Waals surface area contributed by atoms with E-state index in [-0.39, 0.29) is 4.90 Å². The normalized spacial score (nSPS) is 15.4. The molecule has 0 radical (unpaired) electrons. The summed E-state index contributed by atoms with van der Waals surface area (Å²) in [5, 5.41) is 9.94. The van der Waals surface area contributed by atoms with Crippen LogP contribution >= 0.6 is 0 Å². The molecule has 2 aromatic carbocycles. The lowest BCUT2D eigenvalue weighted by molar-refractivity contribution is 0.320. The number of sulfonamides is 1. The first kappa shape index (κ1) is 20.6. The van der Waals surface area contributed by atoms with E-state index in [1.165, 1.54) is 39.7 Å². The van der Waals surface area contributed by atoms with Crippen molar-refractivity contribution < 1.29 is 22.6 Å². The number of fused-ring (bicyclic) bond motifs is 1. The van der Waals surface area contributed by atoms with Gasteiger partial charge in [-0.3, -0.25) is 4.31 Å². The number of nitriles is 1. The molecule has 8 heteroatoms. The fourth-order valence-electron chi connectivity index (χ4n) is 3.53. The second-order valence-electron chi connectivity index (χ2n) is 6.55. The van der Waals surface area contributed by atoms with E-state index in [0.717, 1.165) is 9.87 Å². The first-order chi connectivity index (χ1) is 13.8. The highest BCUT2D eigenvalue weighted by Crippen LogP contribution is 2.50. The fraction of sp³-hybridized carbons (Fsp3) is 0.286. The number of hydrogen-bond acceptors (Lipinski definition) is 6. The number of nitrogens with zero attached hydrogens (tertiary/aromatic N) is 2. The van der Waals surface area contributed by atoms with Gasteiger partial charge in [0.25, 0.3) is 10.0 Å². The van der Waals surface area contributed by atoms with Gasteiger partial charge in [0, 0.05) is 22.9 Å². The Balaban J connectivity index is 2.25. The smallest absolute Gasteiger partial charge is 0.265 e. The maximum atomic E-state index is 13.3. The molecule has 7 nitrogen and oxygen atoms in total. The zero-order valence-electron chi connectivity index (χ0n) is 16.9. The molecule has 1 unspecified atom stereocenters. The Labute approximate surface area is 170 Å². The van der Waals surface area contributed by atoms with E-state index in [1.54, 1.807) is 25.1 Å². The van der Waals surface area contributed by atoms with Gasteiger partial charge in [0.1, 0.15) is 0 Å². The van der Waals surface area contributed by atoms with E-state index in [0.29, 0.717) is 33.9 Å². The Kier molecular flexibility index (Phi) is 5.44. The van der Waals surface area contributed by atoms with Crippen molar-refractivity contribution in [3.63, 3.8) is 0 Å². The second-order valence-corrected chi connectivity index (χ2v) is 8.39. The molecule has 0 saturated heterocycles. The van der Waals surface area contributed by atoms with E-state index in [9.17, 15) is 13.7 Å². The zero-order chi connectivity index (χ0) is 21.3. The molecule has 0 aliphatic carbocycles. The minimum absolute atomic E-state index is 0.113. The van der Waals surface area contributed by atoms with Crippen molar-refractivity contribution in [2.45, 2.75) is 24.8 Å². The largest absolute Gasteiger partial charge is 0.492 e. The first-order valence-corrected chi connectivity index (χ1v) is 10.3. The van der Waals surface area contributed by atoms with E-state index in [1.807, 2.05) is 6.92 Å². The Morgan fingerprint density at radius 1 is 0.966 bits per heavy atom. The predicted octanol–water partition coefficient (Wildman–Crippen LogP) is 3.57. The van der Waals surface area contributed by atoms with Crippen LogP contribution < -0.4 is 14.2 Å². The van der Waals surface area contributed by atoms with Gasteiger partial charge in [-0.25, -0.2) is 8.42 Å². The highest BCUT2D eigenvalue weighted by molar-refractivity contribution is 7.89. The maximum Gasteiger partial charge on any atom is 0.265 e. The molecule has 152 valence electrons. The molecule has 0 saturated carbocycles. The molecule has 0 fully saturated rings. The molecule has 3 rings (SSSR count). The standard InChI is InChI=1S/C21H22N2O5S/c1-13-6-8-15(9-7-13)29(24,25)23-11-10-16-18(17(23)12-22)14(2)19(26-3)21(28-5)20(16)27-4/h6-11,17H,1-5H3. The summed E-state index contributed by atoms with van der Waals surface area (Å²) >= 11 is 0. The third kappa shape index (κ3) is 3.17. The summed E-state index contributed by atoms with van der Waals surface area (Å²) in [4.78, 5) is 0.113. The van der Waals surface area contributed by atoms with Gasteiger partial charge < -0.3 is 14.2 Å². The fourth-order valence-corrected chi connectivity index (χ4v) is 4.90. The quantitative estimate of drug-likeness (QED) is 0.743. The number of ether oxygens (including phenoxy) is 3. The minimum Gasteiger partial charge on any atom is -0.492 e. The van der Waals surface area contributed by atoms with Crippen molar-refractivity contribution in [2.24, 2.45) is 0 Å². The number of benzene rings is 2. The van der Waals surface area contributed by atoms with Crippen LogP contribution in [0.4, 0.5) is 0 Å². The van der Waals surface area contributed by atoms with Crippen LogP contribution in [0.2, 0.25) is 0 Å². The second kappa shape index (κ2) is 7.68. The molecule has 0 N–H and O–H groups in total. The van der Waals surface area contributed by atoms with E-state index >= 15 is 0 Å². The SMILES string of the molecule is COc1c(C)c2c(c(OC)c1OC)C=CN(S(=O)(=O)c1ccc(C)cc1)C2C#N. The summed E-state index contributed by atoms with van der Waals surface area (Å²) in [7, 11) is 0.519. The molecule has 1 aliphatic heterocycles. The van der Waals surface area contributed by atoms with Crippen molar-refractivity contribution >= 4 is 16.1 Å². The molecule has 0 spiro atoms. The van der Waals surface area contributed by atoms with Crippen molar-refractivity contribution in [1.29, 1.82) is 5.26 Å². The summed E-state index contributed by atoms with van der Waals surface area (Å²) in [6.45, 7) is 3.64. The third-order valence-corrected chi connectivity index (χ3v) is 6.69. The monoisotopic (exact) mass is 414 g/mol. The van der Waals surface area contributed by atoms with Crippen LogP contribution in [0.25, 0.3) is 6.08 Å². The van der Waals surface area contributed by atoms with Gasteiger partial charge in [-0.2, -0.15) is 5.26 Å². The zero-order valence-corrected chi connectivity index (χ0v) is 17.7. The summed E-state index contributed by atoms with van der Waals surface area (Å²) in [6.07, 6.45) is 3.00.